The largest absolute Gasteiger partial charge is 0.306 e. The lowest BCUT2D eigenvalue weighted by atomic mass is 9.92. The van der Waals surface area contributed by atoms with Gasteiger partial charge in [-0.25, -0.2) is 12.4 Å². The number of benzene rings is 2. The van der Waals surface area contributed by atoms with Crippen molar-refractivity contribution in [3.8, 4) is 11.3 Å². The van der Waals surface area contributed by atoms with Gasteiger partial charge in [0.05, 0.1) is 16.1 Å². The van der Waals surface area contributed by atoms with Gasteiger partial charge in [0, 0.05) is 23.4 Å². The summed E-state index contributed by atoms with van der Waals surface area (Å²) in [6.07, 6.45) is 1.07. The number of hydrogen-bond donors (Lipinski definition) is 0. The Morgan fingerprint density at radius 2 is 1.79 bits per heavy atom. The third-order valence-electron chi connectivity index (χ3n) is 5.33. The van der Waals surface area contributed by atoms with E-state index in [9.17, 15) is 8.42 Å². The molecule has 24 heavy (non-hydrogen) atoms. The molecule has 5 heteroatoms. The first kappa shape index (κ1) is 14.3. The Hall–Kier alpha value is -2.11. The highest BCUT2D eigenvalue weighted by atomic mass is 32.2. The molecular formula is C19H18N2O2S. The van der Waals surface area contributed by atoms with Crippen LogP contribution in [0.25, 0.3) is 22.2 Å². The standard InChI is InChI=1S/C19H18N2O2S/c1-20-11-10-13(12-20)18-14-6-2-4-8-16(14)21-19(18)15-7-3-5-9-17(15)24(21,22)23/h2-9,13H,10-12H2,1H3/t13-/m1/s1. The van der Waals surface area contributed by atoms with Crippen molar-refractivity contribution in [2.75, 3.05) is 20.1 Å². The van der Waals surface area contributed by atoms with E-state index < -0.39 is 10.0 Å². The summed E-state index contributed by atoms with van der Waals surface area (Å²) < 4.78 is 27.8. The van der Waals surface area contributed by atoms with Crippen molar-refractivity contribution in [3.05, 3.63) is 54.1 Å². The van der Waals surface area contributed by atoms with E-state index in [1.54, 1.807) is 16.1 Å². The highest BCUT2D eigenvalue weighted by molar-refractivity contribution is 7.90. The smallest absolute Gasteiger partial charge is 0.269 e. The first-order valence-electron chi connectivity index (χ1n) is 8.26. The van der Waals surface area contributed by atoms with E-state index in [1.165, 1.54) is 5.56 Å². The minimum absolute atomic E-state index is 0.373. The van der Waals surface area contributed by atoms with Crippen molar-refractivity contribution < 1.29 is 8.42 Å². The number of nitrogens with zero attached hydrogens (tertiary/aromatic N) is 2. The molecule has 0 bridgehead atoms. The summed E-state index contributed by atoms with van der Waals surface area (Å²) in [5, 5.41) is 1.07. The van der Waals surface area contributed by atoms with Gasteiger partial charge in [-0.3, -0.25) is 0 Å². The van der Waals surface area contributed by atoms with Gasteiger partial charge in [0.25, 0.3) is 10.0 Å². The quantitative estimate of drug-likeness (QED) is 0.535. The Morgan fingerprint density at radius 3 is 2.58 bits per heavy atom. The lowest BCUT2D eigenvalue weighted by molar-refractivity contribution is 0.412. The molecule has 1 fully saturated rings. The molecule has 0 N–H and O–H groups in total. The van der Waals surface area contributed by atoms with E-state index in [4.69, 9.17) is 0 Å². The van der Waals surface area contributed by atoms with E-state index in [0.29, 0.717) is 10.8 Å². The second kappa shape index (κ2) is 4.71. The minimum atomic E-state index is -3.51. The Balaban J connectivity index is 1.93. The van der Waals surface area contributed by atoms with Crippen molar-refractivity contribution in [1.29, 1.82) is 0 Å². The van der Waals surface area contributed by atoms with Crippen molar-refractivity contribution in [3.63, 3.8) is 0 Å². The van der Waals surface area contributed by atoms with Crippen LogP contribution >= 0.6 is 0 Å². The third kappa shape index (κ3) is 1.69. The molecule has 2 aromatic carbocycles. The molecule has 1 aromatic heterocycles. The molecule has 2 aliphatic heterocycles. The first-order valence-corrected chi connectivity index (χ1v) is 9.70. The number of fused-ring (bicyclic) bond motifs is 5. The summed E-state index contributed by atoms with van der Waals surface area (Å²) in [7, 11) is -1.38. The lowest BCUT2D eigenvalue weighted by Crippen LogP contribution is -2.13. The molecule has 122 valence electrons. The molecule has 3 aromatic rings. The van der Waals surface area contributed by atoms with Crippen LogP contribution in [0, 0.1) is 0 Å². The maximum Gasteiger partial charge on any atom is 0.269 e. The predicted octanol–water partition coefficient (Wildman–Crippen LogP) is 3.28. The SMILES string of the molecule is CN1CC[C@@H](c2c3n(c4ccccc24)S(=O)(=O)c2ccccc2-3)C1. The maximum absolute atomic E-state index is 13.1. The van der Waals surface area contributed by atoms with Gasteiger partial charge in [-0.05, 0) is 37.7 Å². The Kier molecular flexibility index (Phi) is 2.80. The molecule has 0 unspecified atom stereocenters. The van der Waals surface area contributed by atoms with E-state index in [1.807, 2.05) is 30.3 Å². The second-order valence-electron chi connectivity index (χ2n) is 6.79. The van der Waals surface area contributed by atoms with Crippen molar-refractivity contribution in [1.82, 2.24) is 8.87 Å². The van der Waals surface area contributed by atoms with Crippen LogP contribution in [-0.2, 0) is 10.0 Å². The van der Waals surface area contributed by atoms with Gasteiger partial charge in [0.2, 0.25) is 0 Å². The summed E-state index contributed by atoms with van der Waals surface area (Å²) >= 11 is 0. The second-order valence-corrected chi connectivity index (χ2v) is 8.55. The highest BCUT2D eigenvalue weighted by Crippen LogP contribution is 2.48. The zero-order valence-corrected chi connectivity index (χ0v) is 14.3. The molecule has 5 rings (SSSR count). The average molecular weight is 338 g/mol. The average Bonchev–Trinajstić information content (AvgIpc) is 3.21. The summed E-state index contributed by atoms with van der Waals surface area (Å²) in [6, 6.07) is 15.3. The first-order chi connectivity index (χ1) is 11.6. The Bertz CT molecular complexity index is 1080. The zero-order chi connectivity index (χ0) is 16.5. The topological polar surface area (TPSA) is 42.3 Å². The van der Waals surface area contributed by atoms with Crippen molar-refractivity contribution in [2.24, 2.45) is 0 Å². The summed E-state index contributed by atoms with van der Waals surface area (Å²) in [5.41, 5.74) is 3.72. The van der Waals surface area contributed by atoms with Crippen LogP contribution in [0.4, 0.5) is 0 Å². The van der Waals surface area contributed by atoms with Crippen LogP contribution in [0.1, 0.15) is 17.9 Å². The van der Waals surface area contributed by atoms with Crippen LogP contribution in [0.15, 0.2) is 53.4 Å². The monoisotopic (exact) mass is 338 g/mol. The molecule has 1 saturated heterocycles. The fraction of sp³-hybridized carbons (Fsp3) is 0.263. The van der Waals surface area contributed by atoms with Gasteiger partial charge in [0.15, 0.2) is 0 Å². The van der Waals surface area contributed by atoms with Gasteiger partial charge in [0.1, 0.15) is 0 Å². The zero-order valence-electron chi connectivity index (χ0n) is 13.4. The number of aromatic nitrogens is 1. The molecule has 4 nitrogen and oxygen atoms in total. The molecule has 0 amide bonds. The van der Waals surface area contributed by atoms with Gasteiger partial charge in [-0.15, -0.1) is 0 Å². The van der Waals surface area contributed by atoms with E-state index in [0.717, 1.165) is 41.7 Å². The lowest BCUT2D eigenvalue weighted by Gasteiger charge is -2.12. The van der Waals surface area contributed by atoms with Crippen LogP contribution in [0.2, 0.25) is 0 Å². The number of rotatable bonds is 1. The third-order valence-corrected chi connectivity index (χ3v) is 7.10. The van der Waals surface area contributed by atoms with Gasteiger partial charge in [-0.1, -0.05) is 36.4 Å². The minimum Gasteiger partial charge on any atom is -0.306 e. The maximum atomic E-state index is 13.1. The summed E-state index contributed by atoms with van der Waals surface area (Å²) in [5.74, 6) is 0.373. The van der Waals surface area contributed by atoms with Crippen molar-refractivity contribution >= 4 is 20.9 Å². The van der Waals surface area contributed by atoms with E-state index in [-0.39, 0.29) is 0 Å². The van der Waals surface area contributed by atoms with Crippen LogP contribution in [0.3, 0.4) is 0 Å². The Labute approximate surface area is 141 Å². The fourth-order valence-electron chi connectivity index (χ4n) is 4.31. The van der Waals surface area contributed by atoms with E-state index in [2.05, 4.69) is 18.0 Å². The molecule has 1 atom stereocenters. The van der Waals surface area contributed by atoms with Gasteiger partial charge >= 0.3 is 0 Å². The number of likely N-dealkylation sites (tertiary alicyclic amines) is 1. The van der Waals surface area contributed by atoms with Gasteiger partial charge in [-0.2, -0.15) is 0 Å². The molecule has 0 saturated carbocycles. The Morgan fingerprint density at radius 1 is 1.04 bits per heavy atom. The number of hydrogen-bond acceptors (Lipinski definition) is 3. The van der Waals surface area contributed by atoms with Crippen LogP contribution in [0.5, 0.6) is 0 Å². The van der Waals surface area contributed by atoms with Crippen LogP contribution < -0.4 is 0 Å². The molecular weight excluding hydrogens is 320 g/mol. The summed E-state index contributed by atoms with van der Waals surface area (Å²) in [4.78, 5) is 2.75. The van der Waals surface area contributed by atoms with Crippen molar-refractivity contribution in [2.45, 2.75) is 17.2 Å². The number of likely N-dealkylation sites (N-methyl/N-ethyl adjacent to an activating group) is 1. The normalized spacial score (nSPS) is 22.0. The molecule has 3 heterocycles. The molecule has 0 spiro atoms. The fourth-order valence-corrected chi connectivity index (χ4v) is 6.05. The summed E-state index contributed by atoms with van der Waals surface area (Å²) in [6.45, 7) is 2.03. The predicted molar refractivity (Wildman–Crippen MR) is 94.8 cm³/mol. The highest BCUT2D eigenvalue weighted by Gasteiger charge is 2.39. The number of para-hydroxylation sites is 1. The molecule has 0 aliphatic carbocycles. The molecule has 0 radical (unpaired) electrons. The van der Waals surface area contributed by atoms with Gasteiger partial charge < -0.3 is 4.90 Å². The van der Waals surface area contributed by atoms with E-state index >= 15 is 0 Å². The molecule has 2 aliphatic rings. The van der Waals surface area contributed by atoms with Crippen LogP contribution in [-0.4, -0.2) is 37.4 Å².